The number of unbranched alkanes of at least 4 members (excludes halogenated alkanes) is 12. The molecule has 0 spiro atoms. The second-order valence-corrected chi connectivity index (χ2v) is 8.75. The number of ether oxygens (including phenoxy) is 5. The topological polar surface area (TPSA) is 46.2 Å². The molecule has 0 aromatic heterocycles. The lowest BCUT2D eigenvalue weighted by Gasteiger charge is -2.22. The normalized spacial score (nSPS) is 16.7. The standard InChI is InChI=1S/C26H52O5/c1-2-3-4-5-6-7-8-9-10-11-12-13-15-18-27-20-21-28-22-23-29-24-25-31-26-17-14-16-19-30-26/h26H,2-25H2,1H3. The van der Waals surface area contributed by atoms with E-state index in [1.54, 1.807) is 0 Å². The Morgan fingerprint density at radius 2 is 1.03 bits per heavy atom. The van der Waals surface area contributed by atoms with E-state index in [1.165, 1.54) is 89.9 Å². The highest BCUT2D eigenvalue weighted by Crippen LogP contribution is 2.13. The maximum Gasteiger partial charge on any atom is 0.157 e. The second kappa shape index (κ2) is 24.4. The third kappa shape index (κ3) is 21.4. The summed E-state index contributed by atoms with van der Waals surface area (Å²) >= 11 is 0. The highest BCUT2D eigenvalue weighted by molar-refractivity contribution is 4.53. The summed E-state index contributed by atoms with van der Waals surface area (Å²) in [7, 11) is 0. The van der Waals surface area contributed by atoms with Gasteiger partial charge in [0.15, 0.2) is 6.29 Å². The van der Waals surface area contributed by atoms with E-state index >= 15 is 0 Å². The van der Waals surface area contributed by atoms with Gasteiger partial charge in [0.25, 0.3) is 0 Å². The third-order valence-corrected chi connectivity index (χ3v) is 5.81. The minimum absolute atomic E-state index is 0.0272. The van der Waals surface area contributed by atoms with Gasteiger partial charge in [-0.05, 0) is 25.7 Å². The van der Waals surface area contributed by atoms with Crippen LogP contribution in [0, 0.1) is 0 Å². The third-order valence-electron chi connectivity index (χ3n) is 5.81. The van der Waals surface area contributed by atoms with E-state index in [1.807, 2.05) is 0 Å². The number of hydrogen-bond donors (Lipinski definition) is 0. The molecule has 1 aliphatic rings. The summed E-state index contributed by atoms with van der Waals surface area (Å²) in [5, 5.41) is 0. The fraction of sp³-hybridized carbons (Fsp3) is 1.00. The summed E-state index contributed by atoms with van der Waals surface area (Å²) in [4.78, 5) is 0. The second-order valence-electron chi connectivity index (χ2n) is 8.75. The highest BCUT2D eigenvalue weighted by Gasteiger charge is 2.13. The van der Waals surface area contributed by atoms with Crippen molar-refractivity contribution in [1.82, 2.24) is 0 Å². The van der Waals surface area contributed by atoms with Crippen LogP contribution >= 0.6 is 0 Å². The minimum Gasteiger partial charge on any atom is -0.379 e. The van der Waals surface area contributed by atoms with Gasteiger partial charge in [-0.3, -0.25) is 0 Å². The van der Waals surface area contributed by atoms with E-state index in [4.69, 9.17) is 23.7 Å². The summed E-state index contributed by atoms with van der Waals surface area (Å²) < 4.78 is 27.8. The number of hydrogen-bond acceptors (Lipinski definition) is 5. The predicted octanol–water partition coefficient (Wildman–Crippen LogP) is 6.67. The fourth-order valence-corrected chi connectivity index (χ4v) is 3.84. The molecule has 31 heavy (non-hydrogen) atoms. The van der Waals surface area contributed by atoms with E-state index in [2.05, 4.69) is 6.92 Å². The molecule has 5 nitrogen and oxygen atoms in total. The Bertz CT molecular complexity index is 334. The van der Waals surface area contributed by atoms with Crippen molar-refractivity contribution in [2.75, 3.05) is 52.9 Å². The molecule has 0 aliphatic carbocycles. The first-order chi connectivity index (χ1) is 15.4. The van der Waals surface area contributed by atoms with Gasteiger partial charge in [-0.15, -0.1) is 0 Å². The van der Waals surface area contributed by atoms with Gasteiger partial charge in [-0.1, -0.05) is 84.0 Å². The van der Waals surface area contributed by atoms with Gasteiger partial charge >= 0.3 is 0 Å². The lowest BCUT2D eigenvalue weighted by atomic mass is 10.0. The summed E-state index contributed by atoms with van der Waals surface area (Å²) in [6.45, 7) is 7.70. The van der Waals surface area contributed by atoms with Crippen molar-refractivity contribution < 1.29 is 23.7 Å². The van der Waals surface area contributed by atoms with Crippen molar-refractivity contribution >= 4 is 0 Å². The van der Waals surface area contributed by atoms with Crippen molar-refractivity contribution in [1.29, 1.82) is 0 Å². The quantitative estimate of drug-likeness (QED) is 0.156. The van der Waals surface area contributed by atoms with Crippen LogP contribution in [-0.4, -0.2) is 59.1 Å². The van der Waals surface area contributed by atoms with Crippen LogP contribution in [0.3, 0.4) is 0 Å². The highest BCUT2D eigenvalue weighted by atomic mass is 16.7. The van der Waals surface area contributed by atoms with Gasteiger partial charge < -0.3 is 23.7 Å². The first-order valence-corrected chi connectivity index (χ1v) is 13.4. The maximum atomic E-state index is 5.65. The maximum absolute atomic E-state index is 5.65. The minimum atomic E-state index is -0.0272. The molecule has 186 valence electrons. The molecule has 1 heterocycles. The molecule has 1 atom stereocenters. The zero-order chi connectivity index (χ0) is 22.1. The average molecular weight is 445 g/mol. The molecule has 0 radical (unpaired) electrons. The molecule has 1 saturated heterocycles. The molecular weight excluding hydrogens is 392 g/mol. The molecule has 5 heteroatoms. The Kier molecular flexibility index (Phi) is 22.7. The largest absolute Gasteiger partial charge is 0.379 e. The predicted molar refractivity (Wildman–Crippen MR) is 128 cm³/mol. The van der Waals surface area contributed by atoms with E-state index in [0.29, 0.717) is 39.6 Å². The molecular formula is C26H52O5. The molecule has 0 bridgehead atoms. The van der Waals surface area contributed by atoms with Crippen molar-refractivity contribution in [3.05, 3.63) is 0 Å². The fourth-order valence-electron chi connectivity index (χ4n) is 3.84. The molecule has 0 aromatic carbocycles. The molecule has 0 aromatic rings. The Morgan fingerprint density at radius 3 is 1.55 bits per heavy atom. The van der Waals surface area contributed by atoms with Gasteiger partial charge in [-0.2, -0.15) is 0 Å². The van der Waals surface area contributed by atoms with Crippen molar-refractivity contribution in [3.63, 3.8) is 0 Å². The SMILES string of the molecule is CCCCCCCCCCCCCCCOCCOCCOCCOC1CCCCO1. The Labute approximate surface area is 192 Å². The van der Waals surface area contributed by atoms with Crippen LogP contribution in [0.1, 0.15) is 110 Å². The van der Waals surface area contributed by atoms with Gasteiger partial charge in [0.05, 0.1) is 39.6 Å². The monoisotopic (exact) mass is 444 g/mol. The molecule has 1 unspecified atom stereocenters. The molecule has 0 amide bonds. The van der Waals surface area contributed by atoms with E-state index < -0.39 is 0 Å². The van der Waals surface area contributed by atoms with Gasteiger partial charge in [0, 0.05) is 13.2 Å². The smallest absolute Gasteiger partial charge is 0.157 e. The van der Waals surface area contributed by atoms with E-state index in [0.717, 1.165) is 26.1 Å². The van der Waals surface area contributed by atoms with Crippen molar-refractivity contribution in [2.24, 2.45) is 0 Å². The van der Waals surface area contributed by atoms with Gasteiger partial charge in [0.2, 0.25) is 0 Å². The number of rotatable bonds is 24. The van der Waals surface area contributed by atoms with Crippen LogP contribution in [0.25, 0.3) is 0 Å². The molecule has 0 N–H and O–H groups in total. The lowest BCUT2D eigenvalue weighted by Crippen LogP contribution is -2.24. The first kappa shape index (κ1) is 28.8. The van der Waals surface area contributed by atoms with Crippen molar-refractivity contribution in [3.8, 4) is 0 Å². The van der Waals surface area contributed by atoms with Crippen LogP contribution in [-0.2, 0) is 23.7 Å². The Morgan fingerprint density at radius 1 is 0.548 bits per heavy atom. The van der Waals surface area contributed by atoms with Crippen LogP contribution in [0.15, 0.2) is 0 Å². The zero-order valence-electron chi connectivity index (χ0n) is 20.6. The Balaban J connectivity index is 1.62. The lowest BCUT2D eigenvalue weighted by molar-refractivity contribution is -0.169. The van der Waals surface area contributed by atoms with Gasteiger partial charge in [0.1, 0.15) is 0 Å². The van der Waals surface area contributed by atoms with Crippen LogP contribution in [0.5, 0.6) is 0 Å². The molecule has 0 saturated carbocycles. The Hall–Kier alpha value is -0.200. The van der Waals surface area contributed by atoms with E-state index in [9.17, 15) is 0 Å². The summed E-state index contributed by atoms with van der Waals surface area (Å²) in [5.74, 6) is 0. The summed E-state index contributed by atoms with van der Waals surface area (Å²) in [5.41, 5.74) is 0. The molecule has 1 fully saturated rings. The van der Waals surface area contributed by atoms with Crippen molar-refractivity contribution in [2.45, 2.75) is 116 Å². The van der Waals surface area contributed by atoms with Crippen LogP contribution < -0.4 is 0 Å². The zero-order valence-corrected chi connectivity index (χ0v) is 20.6. The molecule has 1 rings (SSSR count). The van der Waals surface area contributed by atoms with E-state index in [-0.39, 0.29) is 6.29 Å². The summed E-state index contributed by atoms with van der Waals surface area (Å²) in [6, 6.07) is 0. The van der Waals surface area contributed by atoms with Crippen LogP contribution in [0.4, 0.5) is 0 Å². The molecule has 1 aliphatic heterocycles. The van der Waals surface area contributed by atoms with Gasteiger partial charge in [-0.25, -0.2) is 0 Å². The first-order valence-electron chi connectivity index (χ1n) is 13.4. The summed E-state index contributed by atoms with van der Waals surface area (Å²) in [6.07, 6.45) is 21.3. The van der Waals surface area contributed by atoms with Crippen LogP contribution in [0.2, 0.25) is 0 Å². The average Bonchev–Trinajstić information content (AvgIpc) is 2.80.